The van der Waals surface area contributed by atoms with Gasteiger partial charge in [-0.15, -0.1) is 0 Å². The second kappa shape index (κ2) is 4.96. The van der Waals surface area contributed by atoms with Gasteiger partial charge in [0.2, 0.25) is 0 Å². The zero-order valence-corrected chi connectivity index (χ0v) is 9.98. The lowest BCUT2D eigenvalue weighted by molar-refractivity contribution is 0.299. The monoisotopic (exact) mass is 248 g/mol. The Kier molecular flexibility index (Phi) is 4.13. The number of aliphatic hydroxyl groups excluding tert-OH is 1. The van der Waals surface area contributed by atoms with Gasteiger partial charge in [0.05, 0.1) is 15.7 Å². The molecule has 1 N–H and O–H groups in total. The molecule has 0 unspecified atom stereocenters. The molecule has 0 aliphatic rings. The van der Waals surface area contributed by atoms with Gasteiger partial charge in [0.25, 0.3) is 0 Å². The van der Waals surface area contributed by atoms with Gasteiger partial charge in [0, 0.05) is 6.61 Å². The molecule has 1 rings (SSSR count). The van der Waals surface area contributed by atoms with E-state index in [4.69, 9.17) is 16.7 Å². The van der Waals surface area contributed by atoms with Crippen LogP contribution in [0.5, 0.6) is 0 Å². The molecule has 15 heavy (non-hydrogen) atoms. The Morgan fingerprint density at radius 2 is 2.07 bits per heavy atom. The van der Waals surface area contributed by atoms with Crippen LogP contribution in [0.1, 0.15) is 12.5 Å². The Balaban J connectivity index is 3.14. The highest BCUT2D eigenvalue weighted by Gasteiger charge is 2.15. The molecule has 0 saturated carbocycles. The fourth-order valence-electron chi connectivity index (χ4n) is 1.24. The van der Waals surface area contributed by atoms with Crippen molar-refractivity contribution in [2.45, 2.75) is 18.2 Å². The number of halogens is 1. The van der Waals surface area contributed by atoms with Gasteiger partial charge in [0.15, 0.2) is 9.84 Å². The van der Waals surface area contributed by atoms with Crippen molar-refractivity contribution in [1.29, 1.82) is 0 Å². The minimum Gasteiger partial charge on any atom is -0.396 e. The molecule has 0 aliphatic heterocycles. The summed E-state index contributed by atoms with van der Waals surface area (Å²) in [6, 6.07) is 4.75. The van der Waals surface area contributed by atoms with Crippen LogP contribution in [-0.2, 0) is 16.3 Å². The lowest BCUT2D eigenvalue weighted by Gasteiger charge is -2.06. The third-order valence-electron chi connectivity index (χ3n) is 2.11. The molecular formula is C10H13ClO3S. The van der Waals surface area contributed by atoms with Crippen LogP contribution in [0.4, 0.5) is 0 Å². The van der Waals surface area contributed by atoms with E-state index in [9.17, 15) is 8.42 Å². The number of rotatable bonds is 4. The summed E-state index contributed by atoms with van der Waals surface area (Å²) in [5, 5.41) is 8.95. The summed E-state index contributed by atoms with van der Waals surface area (Å²) in [5.74, 6) is 0.0338. The van der Waals surface area contributed by atoms with Crippen LogP contribution in [-0.4, -0.2) is 25.9 Å². The SMILES string of the molecule is CCS(=O)(=O)c1ccc(CCO)cc1Cl. The summed E-state index contributed by atoms with van der Waals surface area (Å²) >= 11 is 5.87. The lowest BCUT2D eigenvalue weighted by atomic mass is 10.2. The maximum Gasteiger partial charge on any atom is 0.179 e. The van der Waals surface area contributed by atoms with E-state index in [0.717, 1.165) is 5.56 Å². The maximum atomic E-state index is 11.6. The van der Waals surface area contributed by atoms with Crippen molar-refractivity contribution in [2.24, 2.45) is 0 Å². The fraction of sp³-hybridized carbons (Fsp3) is 0.400. The van der Waals surface area contributed by atoms with Crippen LogP contribution in [0.25, 0.3) is 0 Å². The highest BCUT2D eigenvalue weighted by Crippen LogP contribution is 2.23. The maximum absolute atomic E-state index is 11.6. The second-order valence-electron chi connectivity index (χ2n) is 3.14. The first kappa shape index (κ1) is 12.5. The van der Waals surface area contributed by atoms with Crippen LogP contribution < -0.4 is 0 Å². The minimum absolute atomic E-state index is 0.0240. The van der Waals surface area contributed by atoms with Crippen molar-refractivity contribution in [1.82, 2.24) is 0 Å². The number of hydrogen-bond acceptors (Lipinski definition) is 3. The number of benzene rings is 1. The largest absolute Gasteiger partial charge is 0.396 e. The third-order valence-corrected chi connectivity index (χ3v) is 4.32. The van der Waals surface area contributed by atoms with Crippen molar-refractivity contribution in [3.8, 4) is 0 Å². The van der Waals surface area contributed by atoms with Gasteiger partial charge < -0.3 is 5.11 Å². The summed E-state index contributed by atoms with van der Waals surface area (Å²) in [4.78, 5) is 0.161. The van der Waals surface area contributed by atoms with Gasteiger partial charge in [0.1, 0.15) is 0 Å². The van der Waals surface area contributed by atoms with E-state index < -0.39 is 9.84 Å². The van der Waals surface area contributed by atoms with Gasteiger partial charge in [-0.25, -0.2) is 8.42 Å². The summed E-state index contributed by atoms with van der Waals surface area (Å²) in [5.41, 5.74) is 0.831. The molecule has 5 heteroatoms. The second-order valence-corrected chi connectivity index (χ2v) is 5.80. The summed E-state index contributed by atoms with van der Waals surface area (Å²) in [7, 11) is -3.26. The van der Waals surface area contributed by atoms with E-state index in [2.05, 4.69) is 0 Å². The van der Waals surface area contributed by atoms with Crippen LogP contribution in [0.15, 0.2) is 23.1 Å². The predicted molar refractivity (Wildman–Crippen MR) is 60.0 cm³/mol. The highest BCUT2D eigenvalue weighted by atomic mass is 35.5. The topological polar surface area (TPSA) is 54.4 Å². The minimum atomic E-state index is -3.26. The fourth-order valence-corrected chi connectivity index (χ4v) is 2.73. The van der Waals surface area contributed by atoms with Crippen molar-refractivity contribution < 1.29 is 13.5 Å². The predicted octanol–water partition coefficient (Wildman–Crippen LogP) is 1.67. The van der Waals surface area contributed by atoms with E-state index in [0.29, 0.717) is 6.42 Å². The van der Waals surface area contributed by atoms with E-state index in [1.54, 1.807) is 19.1 Å². The lowest BCUT2D eigenvalue weighted by Crippen LogP contribution is -2.05. The molecule has 84 valence electrons. The Morgan fingerprint density at radius 1 is 1.40 bits per heavy atom. The molecule has 0 fully saturated rings. The molecule has 0 atom stereocenters. The molecule has 0 spiro atoms. The average molecular weight is 249 g/mol. The van der Waals surface area contributed by atoms with Crippen molar-refractivity contribution in [3.63, 3.8) is 0 Å². The molecule has 1 aromatic rings. The molecule has 0 radical (unpaired) electrons. The van der Waals surface area contributed by atoms with Crippen molar-refractivity contribution in [2.75, 3.05) is 12.4 Å². The normalized spacial score (nSPS) is 11.7. The first-order valence-corrected chi connectivity index (χ1v) is 6.66. The molecule has 0 aromatic heterocycles. The summed E-state index contributed by atoms with van der Waals surface area (Å²) in [6.45, 7) is 1.60. The first-order chi connectivity index (χ1) is 7.01. The Morgan fingerprint density at radius 3 is 2.53 bits per heavy atom. The van der Waals surface area contributed by atoms with Gasteiger partial charge in [-0.3, -0.25) is 0 Å². The highest BCUT2D eigenvalue weighted by molar-refractivity contribution is 7.91. The van der Waals surface area contributed by atoms with Crippen molar-refractivity contribution in [3.05, 3.63) is 28.8 Å². The van der Waals surface area contributed by atoms with Gasteiger partial charge in [-0.05, 0) is 24.1 Å². The van der Waals surface area contributed by atoms with Crippen molar-refractivity contribution >= 4 is 21.4 Å². The zero-order chi connectivity index (χ0) is 11.5. The van der Waals surface area contributed by atoms with E-state index in [1.807, 2.05) is 0 Å². The van der Waals surface area contributed by atoms with Gasteiger partial charge >= 0.3 is 0 Å². The van der Waals surface area contributed by atoms with E-state index >= 15 is 0 Å². The Labute approximate surface area is 94.6 Å². The van der Waals surface area contributed by atoms with Crippen LogP contribution in [0.2, 0.25) is 5.02 Å². The standard InChI is InChI=1S/C10H13ClO3S/c1-2-15(13,14)10-4-3-8(5-6-12)7-9(10)11/h3-4,7,12H,2,5-6H2,1H3. The average Bonchev–Trinajstić information content (AvgIpc) is 2.18. The van der Waals surface area contributed by atoms with Crippen LogP contribution >= 0.6 is 11.6 Å². The van der Waals surface area contributed by atoms with E-state index in [1.165, 1.54) is 6.07 Å². The number of sulfone groups is 1. The third kappa shape index (κ3) is 2.93. The van der Waals surface area contributed by atoms with Crippen LogP contribution in [0.3, 0.4) is 0 Å². The zero-order valence-electron chi connectivity index (χ0n) is 8.40. The van der Waals surface area contributed by atoms with Crippen LogP contribution in [0, 0.1) is 0 Å². The molecular weight excluding hydrogens is 236 g/mol. The molecule has 0 amide bonds. The van der Waals surface area contributed by atoms with E-state index in [-0.39, 0.29) is 22.3 Å². The molecule has 3 nitrogen and oxygen atoms in total. The first-order valence-electron chi connectivity index (χ1n) is 4.63. The molecule has 0 aliphatic carbocycles. The molecule has 1 aromatic carbocycles. The summed E-state index contributed by atoms with van der Waals surface area (Å²) < 4.78 is 23.1. The summed E-state index contributed by atoms with van der Waals surface area (Å²) in [6.07, 6.45) is 0.478. The Bertz CT molecular complexity index is 440. The molecule has 0 heterocycles. The molecule has 0 saturated heterocycles. The molecule has 0 bridgehead atoms. The smallest absolute Gasteiger partial charge is 0.179 e. The Hall–Kier alpha value is -0.580. The van der Waals surface area contributed by atoms with Gasteiger partial charge in [-0.2, -0.15) is 0 Å². The number of hydrogen-bond donors (Lipinski definition) is 1. The quantitative estimate of drug-likeness (QED) is 0.882. The van der Waals surface area contributed by atoms with Gasteiger partial charge in [-0.1, -0.05) is 24.6 Å². The number of aliphatic hydroxyl groups is 1.